The Labute approximate surface area is 122 Å². The lowest BCUT2D eigenvalue weighted by Crippen LogP contribution is -2.44. The number of ether oxygens (including phenoxy) is 1. The molecule has 4 heteroatoms. The molecule has 0 saturated carbocycles. The van der Waals surface area contributed by atoms with E-state index in [9.17, 15) is 0 Å². The first-order valence-electron chi connectivity index (χ1n) is 7.78. The van der Waals surface area contributed by atoms with Crippen LogP contribution < -0.4 is 5.32 Å². The fraction of sp³-hybridized carbons (Fsp3) is 0.750. The van der Waals surface area contributed by atoms with Crippen molar-refractivity contribution in [2.45, 2.75) is 46.3 Å². The molecule has 1 fully saturated rings. The summed E-state index contributed by atoms with van der Waals surface area (Å²) in [6.45, 7) is 12.2. The summed E-state index contributed by atoms with van der Waals surface area (Å²) in [7, 11) is 0. The average Bonchev–Trinajstić information content (AvgIpc) is 2.86. The van der Waals surface area contributed by atoms with Crippen molar-refractivity contribution in [2.24, 2.45) is 5.92 Å². The largest absolute Gasteiger partial charge is 0.468 e. The van der Waals surface area contributed by atoms with Crippen LogP contribution in [0.2, 0.25) is 0 Å². The topological polar surface area (TPSA) is 37.6 Å². The highest BCUT2D eigenvalue weighted by Crippen LogP contribution is 2.18. The van der Waals surface area contributed by atoms with E-state index < -0.39 is 0 Å². The minimum Gasteiger partial charge on any atom is -0.468 e. The number of hydrogen-bond donors (Lipinski definition) is 1. The lowest BCUT2D eigenvalue weighted by molar-refractivity contribution is -0.0129. The van der Waals surface area contributed by atoms with Gasteiger partial charge in [-0.05, 0) is 24.9 Å². The maximum atomic E-state index is 5.64. The Balaban J connectivity index is 1.90. The normalized spacial score (nSPS) is 20.7. The van der Waals surface area contributed by atoms with Gasteiger partial charge in [-0.1, -0.05) is 20.8 Å². The summed E-state index contributed by atoms with van der Waals surface area (Å²) in [5, 5.41) is 3.45. The summed E-state index contributed by atoms with van der Waals surface area (Å²) in [6.07, 6.45) is 2.95. The van der Waals surface area contributed by atoms with Crippen molar-refractivity contribution >= 4 is 0 Å². The van der Waals surface area contributed by atoms with Crippen molar-refractivity contribution in [1.29, 1.82) is 0 Å². The molecular weight excluding hydrogens is 252 g/mol. The van der Waals surface area contributed by atoms with E-state index in [4.69, 9.17) is 9.15 Å². The maximum absolute atomic E-state index is 5.64. The van der Waals surface area contributed by atoms with Crippen molar-refractivity contribution in [1.82, 2.24) is 10.2 Å². The number of nitrogens with one attached hydrogen (secondary N) is 1. The van der Waals surface area contributed by atoms with E-state index in [0.29, 0.717) is 12.0 Å². The summed E-state index contributed by atoms with van der Waals surface area (Å²) in [6, 6.07) is 2.64. The minimum atomic E-state index is 0.537. The Morgan fingerprint density at radius 2 is 2.30 bits per heavy atom. The van der Waals surface area contributed by atoms with E-state index in [1.54, 1.807) is 0 Å². The Hall–Kier alpha value is -0.840. The third kappa shape index (κ3) is 4.33. The molecule has 1 aliphatic heterocycles. The first-order chi connectivity index (χ1) is 9.70. The molecule has 1 aromatic rings. The zero-order chi connectivity index (χ0) is 14.4. The van der Waals surface area contributed by atoms with Gasteiger partial charge in [-0.15, -0.1) is 0 Å². The van der Waals surface area contributed by atoms with Crippen LogP contribution in [0.25, 0.3) is 0 Å². The van der Waals surface area contributed by atoms with Crippen LogP contribution in [0.4, 0.5) is 0 Å². The van der Waals surface area contributed by atoms with Crippen molar-refractivity contribution < 1.29 is 9.15 Å². The number of rotatable bonds is 7. The van der Waals surface area contributed by atoms with E-state index in [0.717, 1.165) is 51.6 Å². The van der Waals surface area contributed by atoms with Crippen molar-refractivity contribution in [2.75, 3.05) is 26.3 Å². The molecule has 0 aliphatic carbocycles. The van der Waals surface area contributed by atoms with E-state index >= 15 is 0 Å². The van der Waals surface area contributed by atoms with Crippen molar-refractivity contribution in [3.63, 3.8) is 0 Å². The van der Waals surface area contributed by atoms with E-state index in [1.165, 1.54) is 5.56 Å². The SMILES string of the molecule is CCC1COCCN1Cc1ccoc1CNCC(C)C. The highest BCUT2D eigenvalue weighted by Gasteiger charge is 2.22. The van der Waals surface area contributed by atoms with Crippen LogP contribution in [0.15, 0.2) is 16.7 Å². The van der Waals surface area contributed by atoms with Crippen LogP contribution in [0.3, 0.4) is 0 Å². The molecule has 1 saturated heterocycles. The van der Waals surface area contributed by atoms with Gasteiger partial charge >= 0.3 is 0 Å². The Bertz CT molecular complexity index is 390. The van der Waals surface area contributed by atoms with Gasteiger partial charge < -0.3 is 14.5 Å². The van der Waals surface area contributed by atoms with Gasteiger partial charge in [-0.2, -0.15) is 0 Å². The Morgan fingerprint density at radius 1 is 1.45 bits per heavy atom. The van der Waals surface area contributed by atoms with Gasteiger partial charge in [-0.25, -0.2) is 0 Å². The van der Waals surface area contributed by atoms with Crippen LogP contribution in [-0.4, -0.2) is 37.2 Å². The van der Waals surface area contributed by atoms with Crippen LogP contribution in [0.5, 0.6) is 0 Å². The van der Waals surface area contributed by atoms with Gasteiger partial charge in [0.2, 0.25) is 0 Å². The summed E-state index contributed by atoms with van der Waals surface area (Å²) in [4.78, 5) is 2.51. The molecule has 1 N–H and O–H groups in total. The first-order valence-corrected chi connectivity index (χ1v) is 7.78. The van der Waals surface area contributed by atoms with Gasteiger partial charge in [-0.3, -0.25) is 4.90 Å². The van der Waals surface area contributed by atoms with Gasteiger partial charge in [0.05, 0.1) is 26.0 Å². The summed E-state index contributed by atoms with van der Waals surface area (Å²) >= 11 is 0. The summed E-state index contributed by atoms with van der Waals surface area (Å²) in [5.41, 5.74) is 1.31. The third-order valence-electron chi connectivity index (χ3n) is 3.87. The smallest absolute Gasteiger partial charge is 0.122 e. The molecule has 1 aliphatic rings. The molecule has 2 rings (SSSR count). The molecule has 0 radical (unpaired) electrons. The second kappa shape index (κ2) is 7.81. The van der Waals surface area contributed by atoms with E-state index in [1.807, 2.05) is 6.26 Å². The lowest BCUT2D eigenvalue weighted by Gasteiger charge is -2.34. The van der Waals surface area contributed by atoms with Crippen LogP contribution in [0, 0.1) is 5.92 Å². The Morgan fingerprint density at radius 3 is 3.05 bits per heavy atom. The van der Waals surface area contributed by atoms with E-state index in [-0.39, 0.29) is 0 Å². The molecule has 1 unspecified atom stereocenters. The fourth-order valence-electron chi connectivity index (χ4n) is 2.63. The first kappa shape index (κ1) is 15.5. The average molecular weight is 280 g/mol. The van der Waals surface area contributed by atoms with Crippen molar-refractivity contribution in [3.8, 4) is 0 Å². The molecule has 4 nitrogen and oxygen atoms in total. The molecule has 1 aromatic heterocycles. The van der Waals surface area contributed by atoms with Crippen LogP contribution in [-0.2, 0) is 17.8 Å². The lowest BCUT2D eigenvalue weighted by atomic mass is 10.1. The second-order valence-electron chi connectivity index (χ2n) is 6.00. The second-order valence-corrected chi connectivity index (χ2v) is 6.00. The summed E-state index contributed by atoms with van der Waals surface area (Å²) < 4.78 is 11.2. The zero-order valence-electron chi connectivity index (χ0n) is 13.0. The number of nitrogens with zero attached hydrogens (tertiary/aromatic N) is 1. The predicted molar refractivity (Wildman–Crippen MR) is 80.6 cm³/mol. The van der Waals surface area contributed by atoms with Crippen LogP contribution in [0.1, 0.15) is 38.5 Å². The molecule has 0 bridgehead atoms. The molecule has 114 valence electrons. The maximum Gasteiger partial charge on any atom is 0.122 e. The molecular formula is C16H28N2O2. The summed E-state index contributed by atoms with van der Waals surface area (Å²) in [5.74, 6) is 1.74. The van der Waals surface area contributed by atoms with Crippen molar-refractivity contribution in [3.05, 3.63) is 23.7 Å². The predicted octanol–water partition coefficient (Wildman–Crippen LogP) is 2.64. The van der Waals surface area contributed by atoms with Gasteiger partial charge in [0.25, 0.3) is 0 Å². The zero-order valence-corrected chi connectivity index (χ0v) is 13.0. The molecule has 2 heterocycles. The standard InChI is InChI=1S/C16H28N2O2/c1-4-15-12-19-8-6-18(15)11-14-5-7-20-16(14)10-17-9-13(2)3/h5,7,13,15,17H,4,6,8-12H2,1-3H3. The Kier molecular flexibility index (Phi) is 6.07. The van der Waals surface area contributed by atoms with Gasteiger partial charge in [0.15, 0.2) is 0 Å². The van der Waals surface area contributed by atoms with Crippen LogP contribution >= 0.6 is 0 Å². The number of hydrogen-bond acceptors (Lipinski definition) is 4. The molecule has 20 heavy (non-hydrogen) atoms. The van der Waals surface area contributed by atoms with Gasteiger partial charge in [0, 0.05) is 24.7 Å². The molecule has 0 aromatic carbocycles. The number of morpholine rings is 1. The van der Waals surface area contributed by atoms with E-state index in [2.05, 4.69) is 37.1 Å². The minimum absolute atomic E-state index is 0.537. The number of furan rings is 1. The third-order valence-corrected chi connectivity index (χ3v) is 3.87. The molecule has 0 spiro atoms. The fourth-order valence-corrected chi connectivity index (χ4v) is 2.63. The highest BCUT2D eigenvalue weighted by molar-refractivity contribution is 5.17. The molecule has 0 amide bonds. The monoisotopic (exact) mass is 280 g/mol. The molecule has 1 atom stereocenters. The highest BCUT2D eigenvalue weighted by atomic mass is 16.5. The van der Waals surface area contributed by atoms with Gasteiger partial charge in [0.1, 0.15) is 5.76 Å². The quantitative estimate of drug-likeness (QED) is 0.833.